The first kappa shape index (κ1) is 18.4. The number of oxazole rings is 1. The molecule has 1 aromatic rings. The lowest BCUT2D eigenvalue weighted by molar-refractivity contribution is -0.110. The Labute approximate surface area is 132 Å². The summed E-state index contributed by atoms with van der Waals surface area (Å²) in [5.41, 5.74) is 2.85. The second-order valence-electron chi connectivity index (χ2n) is 5.99. The summed E-state index contributed by atoms with van der Waals surface area (Å²) in [5, 5.41) is 10.2. The normalized spacial score (nSPS) is 15.7. The van der Waals surface area contributed by atoms with Gasteiger partial charge < -0.3 is 14.3 Å². The molecule has 4 nitrogen and oxygen atoms in total. The highest BCUT2D eigenvalue weighted by molar-refractivity contribution is 5.52. The third-order valence-electron chi connectivity index (χ3n) is 3.69. The molecule has 1 aromatic heterocycles. The fourth-order valence-electron chi connectivity index (χ4n) is 2.15. The van der Waals surface area contributed by atoms with Crippen LogP contribution in [0.15, 0.2) is 27.9 Å². The Balaban J connectivity index is 2.43. The fourth-order valence-corrected chi connectivity index (χ4v) is 2.15. The van der Waals surface area contributed by atoms with Gasteiger partial charge in [-0.15, -0.1) is 0 Å². The van der Waals surface area contributed by atoms with E-state index >= 15 is 0 Å². The third kappa shape index (κ3) is 6.85. The van der Waals surface area contributed by atoms with E-state index in [4.69, 9.17) is 4.42 Å². The highest BCUT2D eigenvalue weighted by Crippen LogP contribution is 2.16. The van der Waals surface area contributed by atoms with Crippen LogP contribution in [0.3, 0.4) is 0 Å². The monoisotopic (exact) mass is 305 g/mol. The number of allylic oxidation sites excluding steroid dienone is 1. The minimum atomic E-state index is -0.513. The van der Waals surface area contributed by atoms with Crippen LogP contribution >= 0.6 is 0 Å². The number of aryl methyl sites for hydroxylation is 1. The molecule has 1 heterocycles. The first-order chi connectivity index (χ1) is 10.4. The quantitative estimate of drug-likeness (QED) is 0.551. The molecule has 0 bridgehead atoms. The molecule has 0 aliphatic rings. The van der Waals surface area contributed by atoms with Gasteiger partial charge in [0, 0.05) is 12.8 Å². The summed E-state index contributed by atoms with van der Waals surface area (Å²) in [6.45, 7) is 7.69. The topological polar surface area (TPSA) is 63.3 Å². The van der Waals surface area contributed by atoms with Crippen molar-refractivity contribution in [1.82, 2.24) is 4.98 Å². The smallest absolute Gasteiger partial charge is 0.191 e. The van der Waals surface area contributed by atoms with Crippen LogP contribution in [0.25, 0.3) is 6.08 Å². The number of hydrogen-bond acceptors (Lipinski definition) is 4. The van der Waals surface area contributed by atoms with Gasteiger partial charge in [-0.05, 0) is 51.2 Å². The Morgan fingerprint density at radius 3 is 2.77 bits per heavy atom. The Bertz CT molecular complexity index is 528. The van der Waals surface area contributed by atoms with Crippen LogP contribution in [-0.2, 0) is 4.79 Å². The Kier molecular flexibility index (Phi) is 7.82. The van der Waals surface area contributed by atoms with Gasteiger partial charge in [0.15, 0.2) is 5.89 Å². The summed E-state index contributed by atoms with van der Waals surface area (Å²) in [6, 6.07) is 0. The number of aliphatic hydroxyl groups excluding tert-OH is 1. The maximum absolute atomic E-state index is 10.6. The van der Waals surface area contributed by atoms with Crippen LogP contribution in [0.2, 0.25) is 0 Å². The van der Waals surface area contributed by atoms with Gasteiger partial charge in [-0.2, -0.15) is 0 Å². The van der Waals surface area contributed by atoms with Crippen molar-refractivity contribution in [1.29, 1.82) is 0 Å². The molecule has 0 fully saturated rings. The first-order valence-electron chi connectivity index (χ1n) is 7.81. The number of nitrogens with zero attached hydrogens (tertiary/aromatic N) is 1. The molecular weight excluding hydrogens is 278 g/mol. The molecule has 0 saturated heterocycles. The van der Waals surface area contributed by atoms with Gasteiger partial charge >= 0.3 is 0 Å². The third-order valence-corrected chi connectivity index (χ3v) is 3.69. The van der Waals surface area contributed by atoms with Crippen molar-refractivity contribution >= 4 is 12.4 Å². The molecular formula is C18H27NO3. The number of carbonyl (C=O) groups excluding carboxylic acids is 1. The molecule has 0 aliphatic carbocycles. The van der Waals surface area contributed by atoms with E-state index in [9.17, 15) is 9.90 Å². The van der Waals surface area contributed by atoms with Gasteiger partial charge in [0.05, 0.1) is 6.10 Å². The van der Waals surface area contributed by atoms with Gasteiger partial charge in [0.1, 0.15) is 18.2 Å². The lowest BCUT2D eigenvalue weighted by Crippen LogP contribution is -2.06. The molecule has 0 spiro atoms. The lowest BCUT2D eigenvalue weighted by atomic mass is 10.0. The van der Waals surface area contributed by atoms with Crippen LogP contribution in [0.5, 0.6) is 0 Å². The van der Waals surface area contributed by atoms with E-state index in [1.165, 1.54) is 5.57 Å². The predicted octanol–water partition coefficient (Wildman–Crippen LogP) is 4.09. The summed E-state index contributed by atoms with van der Waals surface area (Å²) in [4.78, 5) is 14.8. The van der Waals surface area contributed by atoms with Crippen molar-refractivity contribution in [3.05, 3.63) is 35.1 Å². The minimum Gasteiger partial charge on any atom is -0.449 e. The van der Waals surface area contributed by atoms with E-state index < -0.39 is 6.10 Å². The standard InChI is InChI=1S/C18H27NO3/c1-13(6-5-7-14(2)11-20)8-9-18(21)15(3)10-17-12-22-16(4)19-17/h8,10-12,14,18,21H,5-7,9H2,1-4H3/b13-8-,15-10+/t14-,18-/m0/s1. The average molecular weight is 305 g/mol. The molecule has 1 N–H and O–H groups in total. The highest BCUT2D eigenvalue weighted by atomic mass is 16.3. The van der Waals surface area contributed by atoms with E-state index in [1.54, 1.807) is 13.2 Å². The van der Waals surface area contributed by atoms with E-state index in [0.29, 0.717) is 12.3 Å². The summed E-state index contributed by atoms with van der Waals surface area (Å²) < 4.78 is 5.14. The zero-order chi connectivity index (χ0) is 16.5. The van der Waals surface area contributed by atoms with Crippen molar-refractivity contribution in [3.63, 3.8) is 0 Å². The molecule has 0 aromatic carbocycles. The van der Waals surface area contributed by atoms with Crippen LogP contribution in [0, 0.1) is 12.8 Å². The van der Waals surface area contributed by atoms with Crippen molar-refractivity contribution in [2.24, 2.45) is 5.92 Å². The lowest BCUT2D eigenvalue weighted by Gasteiger charge is -2.09. The number of rotatable bonds is 9. The van der Waals surface area contributed by atoms with E-state index in [-0.39, 0.29) is 5.92 Å². The fraction of sp³-hybridized carbons (Fsp3) is 0.556. The molecule has 22 heavy (non-hydrogen) atoms. The van der Waals surface area contributed by atoms with E-state index in [2.05, 4.69) is 18.0 Å². The van der Waals surface area contributed by atoms with Crippen LogP contribution in [-0.4, -0.2) is 22.5 Å². The van der Waals surface area contributed by atoms with Crippen molar-refractivity contribution < 1.29 is 14.3 Å². The zero-order valence-corrected chi connectivity index (χ0v) is 14.0. The minimum absolute atomic E-state index is 0.134. The molecule has 0 saturated carbocycles. The molecule has 2 atom stereocenters. The SMILES string of the molecule is C/C(=C/C[C@H](O)/C(C)=C/c1coc(C)n1)CCC[C@H](C)C=O. The zero-order valence-electron chi connectivity index (χ0n) is 14.0. The summed E-state index contributed by atoms with van der Waals surface area (Å²) in [6.07, 6.45) is 9.47. The van der Waals surface area contributed by atoms with E-state index in [1.807, 2.05) is 19.9 Å². The molecule has 0 aliphatic heterocycles. The van der Waals surface area contributed by atoms with Gasteiger partial charge in [-0.3, -0.25) is 0 Å². The molecule has 4 heteroatoms. The average Bonchev–Trinajstić information content (AvgIpc) is 2.89. The number of aliphatic hydroxyl groups is 1. The molecule has 0 radical (unpaired) electrons. The van der Waals surface area contributed by atoms with Gasteiger partial charge in [0.2, 0.25) is 0 Å². The Morgan fingerprint density at radius 2 is 2.18 bits per heavy atom. The molecule has 0 unspecified atom stereocenters. The highest BCUT2D eigenvalue weighted by Gasteiger charge is 2.07. The second-order valence-corrected chi connectivity index (χ2v) is 5.99. The van der Waals surface area contributed by atoms with Crippen LogP contribution in [0.4, 0.5) is 0 Å². The van der Waals surface area contributed by atoms with Gasteiger partial charge in [-0.1, -0.05) is 18.6 Å². The number of hydrogen-bond donors (Lipinski definition) is 1. The van der Waals surface area contributed by atoms with Crippen molar-refractivity contribution in [3.8, 4) is 0 Å². The summed E-state index contributed by atoms with van der Waals surface area (Å²) >= 11 is 0. The Hall–Kier alpha value is -1.68. The number of aromatic nitrogens is 1. The largest absolute Gasteiger partial charge is 0.449 e. The van der Waals surface area contributed by atoms with E-state index in [0.717, 1.165) is 36.8 Å². The van der Waals surface area contributed by atoms with Crippen LogP contribution < -0.4 is 0 Å². The van der Waals surface area contributed by atoms with Gasteiger partial charge in [-0.25, -0.2) is 4.98 Å². The molecule has 1 rings (SSSR count). The second kappa shape index (κ2) is 9.36. The maximum atomic E-state index is 10.6. The Morgan fingerprint density at radius 1 is 1.45 bits per heavy atom. The maximum Gasteiger partial charge on any atom is 0.191 e. The summed E-state index contributed by atoms with van der Waals surface area (Å²) in [5.74, 6) is 0.753. The molecule has 122 valence electrons. The van der Waals surface area contributed by atoms with Gasteiger partial charge in [0.25, 0.3) is 0 Å². The predicted molar refractivity (Wildman–Crippen MR) is 88.4 cm³/mol. The van der Waals surface area contributed by atoms with Crippen molar-refractivity contribution in [2.75, 3.05) is 0 Å². The number of aldehydes is 1. The number of carbonyl (C=O) groups is 1. The summed E-state index contributed by atoms with van der Waals surface area (Å²) in [7, 11) is 0. The van der Waals surface area contributed by atoms with Crippen molar-refractivity contribution in [2.45, 2.75) is 59.5 Å². The first-order valence-corrected chi connectivity index (χ1v) is 7.81. The van der Waals surface area contributed by atoms with Crippen LogP contribution in [0.1, 0.15) is 58.0 Å². The molecule has 0 amide bonds.